The first-order valence-corrected chi connectivity index (χ1v) is 17.7. The Morgan fingerprint density at radius 3 is 2.60 bits per heavy atom. The molecule has 3 aromatic heterocycles. The molecule has 2 atom stereocenters. The van der Waals surface area contributed by atoms with E-state index in [9.17, 15) is 15.0 Å². The molecule has 2 aromatic carbocycles. The molecular formula is C39H40F2N4O4S. The Hall–Kier alpha value is -4.58. The number of aromatic carboxylic acids is 1. The second-order valence-corrected chi connectivity index (χ2v) is 15.0. The number of aromatic amines is 1. The lowest BCUT2D eigenvalue weighted by Gasteiger charge is -2.43. The third kappa shape index (κ3) is 7.03. The lowest BCUT2D eigenvalue weighted by Crippen LogP contribution is -2.56. The number of aromatic nitrogens is 2. The van der Waals surface area contributed by atoms with E-state index in [4.69, 9.17) is 4.74 Å². The van der Waals surface area contributed by atoms with Crippen molar-refractivity contribution in [3.63, 3.8) is 0 Å². The number of ether oxygens (including phenoxy) is 1. The molecule has 0 bridgehead atoms. The molecule has 50 heavy (non-hydrogen) atoms. The number of thiophene rings is 1. The van der Waals surface area contributed by atoms with Crippen LogP contribution < -0.4 is 9.64 Å². The maximum absolute atomic E-state index is 15.2. The zero-order chi connectivity index (χ0) is 35.2. The highest BCUT2D eigenvalue weighted by molar-refractivity contribution is 7.11. The van der Waals surface area contributed by atoms with Gasteiger partial charge in [0.25, 0.3) is 0 Å². The smallest absolute Gasteiger partial charge is 0.335 e. The number of pyridine rings is 1. The van der Waals surface area contributed by atoms with Crippen LogP contribution in [0.15, 0.2) is 77.9 Å². The zero-order valence-corrected chi connectivity index (χ0v) is 29.1. The van der Waals surface area contributed by atoms with Crippen LogP contribution in [0.4, 0.5) is 14.5 Å². The number of aliphatic hydroxyl groups is 1. The van der Waals surface area contributed by atoms with Gasteiger partial charge in [-0.25, -0.2) is 18.6 Å². The van der Waals surface area contributed by atoms with Gasteiger partial charge in [-0.05, 0) is 108 Å². The number of anilines is 1. The minimum Gasteiger partial charge on any atom is -0.478 e. The van der Waals surface area contributed by atoms with Crippen LogP contribution in [0.25, 0.3) is 27.7 Å². The number of nitrogens with one attached hydrogen (secondary N) is 1. The third-order valence-corrected chi connectivity index (χ3v) is 10.8. The van der Waals surface area contributed by atoms with Gasteiger partial charge < -0.3 is 24.8 Å². The van der Waals surface area contributed by atoms with Gasteiger partial charge in [-0.2, -0.15) is 0 Å². The minimum absolute atomic E-state index is 0.0751. The fourth-order valence-corrected chi connectivity index (χ4v) is 8.05. The molecule has 8 nitrogen and oxygen atoms in total. The first kappa shape index (κ1) is 33.9. The summed E-state index contributed by atoms with van der Waals surface area (Å²) in [5.41, 5.74) is 5.13. The van der Waals surface area contributed by atoms with Crippen LogP contribution in [0, 0.1) is 17.0 Å². The Labute approximate surface area is 293 Å². The SMILES string of the molecule is CC(O)c1cc(F)c(-c2csc(C3=C(CN4CCN(c5ccc(C(=O)O)cc5)[C@@H](Oc5cnc6[nH]ccc6c5)C4)CCC(C)(C)C3)c2)c(F)c1. The number of nitrogens with zero attached hydrogens (tertiary/aromatic N) is 3. The van der Waals surface area contributed by atoms with E-state index < -0.39 is 23.7 Å². The average molecular weight is 699 g/mol. The van der Waals surface area contributed by atoms with Crippen LogP contribution in [0.1, 0.15) is 66.9 Å². The average Bonchev–Trinajstić information content (AvgIpc) is 3.75. The molecular weight excluding hydrogens is 659 g/mol. The fraction of sp³-hybridized carbons (Fsp3) is 0.333. The molecule has 0 spiro atoms. The number of benzene rings is 2. The van der Waals surface area contributed by atoms with Crippen LogP contribution in [0.3, 0.4) is 0 Å². The number of fused-ring (bicyclic) bond motifs is 1. The molecule has 4 heterocycles. The first-order chi connectivity index (χ1) is 23.9. The Morgan fingerprint density at radius 2 is 1.88 bits per heavy atom. The summed E-state index contributed by atoms with van der Waals surface area (Å²) in [7, 11) is 0. The van der Waals surface area contributed by atoms with E-state index in [1.807, 2.05) is 41.9 Å². The number of halogens is 2. The molecule has 0 amide bonds. The van der Waals surface area contributed by atoms with Gasteiger partial charge in [0.1, 0.15) is 23.0 Å². The predicted molar refractivity (Wildman–Crippen MR) is 193 cm³/mol. The van der Waals surface area contributed by atoms with Gasteiger partial charge in [0.2, 0.25) is 0 Å². The maximum Gasteiger partial charge on any atom is 0.335 e. The number of allylic oxidation sites excluding steroid dienone is 1. The molecule has 1 saturated heterocycles. The highest BCUT2D eigenvalue weighted by atomic mass is 32.1. The predicted octanol–water partition coefficient (Wildman–Crippen LogP) is 8.51. The fourth-order valence-electron chi connectivity index (χ4n) is 7.05. The van der Waals surface area contributed by atoms with Gasteiger partial charge in [0.15, 0.2) is 6.23 Å². The number of carboxylic acids is 1. The number of rotatable bonds is 9. The molecule has 0 radical (unpaired) electrons. The molecule has 7 rings (SSSR count). The van der Waals surface area contributed by atoms with Crippen molar-refractivity contribution >= 4 is 39.6 Å². The number of carbonyl (C=O) groups is 1. The second-order valence-electron chi connectivity index (χ2n) is 14.1. The summed E-state index contributed by atoms with van der Waals surface area (Å²) >= 11 is 1.51. The van der Waals surface area contributed by atoms with E-state index in [2.05, 4.69) is 33.6 Å². The molecule has 0 saturated carbocycles. The number of hydrogen-bond donors (Lipinski definition) is 3. The van der Waals surface area contributed by atoms with Crippen LogP contribution in [0.2, 0.25) is 0 Å². The van der Waals surface area contributed by atoms with Crippen molar-refractivity contribution < 1.29 is 28.5 Å². The van der Waals surface area contributed by atoms with Crippen molar-refractivity contribution in [3.8, 4) is 16.9 Å². The topological polar surface area (TPSA) is 102 Å². The van der Waals surface area contributed by atoms with Crippen molar-refractivity contribution in [2.24, 2.45) is 5.41 Å². The largest absolute Gasteiger partial charge is 0.478 e. The molecule has 1 fully saturated rings. The zero-order valence-electron chi connectivity index (χ0n) is 28.2. The van der Waals surface area contributed by atoms with Gasteiger partial charge in [-0.3, -0.25) is 4.90 Å². The molecule has 1 unspecified atom stereocenters. The Morgan fingerprint density at radius 1 is 1.12 bits per heavy atom. The van der Waals surface area contributed by atoms with Crippen molar-refractivity contribution in [1.82, 2.24) is 14.9 Å². The summed E-state index contributed by atoms with van der Waals surface area (Å²) in [6, 6.07) is 15.1. The molecule has 5 aromatic rings. The van der Waals surface area contributed by atoms with Gasteiger partial charge in [0, 0.05) is 41.8 Å². The van der Waals surface area contributed by atoms with E-state index >= 15 is 8.78 Å². The lowest BCUT2D eigenvalue weighted by atomic mass is 9.73. The normalized spacial score (nSPS) is 18.8. The highest BCUT2D eigenvalue weighted by Crippen LogP contribution is 2.46. The summed E-state index contributed by atoms with van der Waals surface area (Å²) in [5.74, 6) is -1.70. The van der Waals surface area contributed by atoms with Crippen LogP contribution in [-0.4, -0.2) is 63.5 Å². The standard InChI is InChI=1S/C39H40F2N4O4S/c1-23(46)27-15-32(40)36(33(41)16-27)28-17-34(50-22-28)31-18-39(2,3)10-8-26(31)20-44-12-13-45(29-6-4-24(5-7-29)38(47)48)35(21-44)49-30-14-25-9-11-42-37(25)43-19-30/h4-7,9,11,14-17,19,22-23,35,46H,8,10,12-13,18,20-21H2,1-3H3,(H,42,43)(H,47,48)/t23?,35-/m0/s1. The maximum atomic E-state index is 15.2. The molecule has 11 heteroatoms. The summed E-state index contributed by atoms with van der Waals surface area (Å²) in [6.07, 6.45) is 5.02. The van der Waals surface area contributed by atoms with E-state index in [1.165, 1.54) is 41.5 Å². The van der Waals surface area contributed by atoms with Crippen LogP contribution in [0.5, 0.6) is 5.75 Å². The molecule has 1 aliphatic heterocycles. The number of carboxylic acid groups (broad SMARTS) is 1. The highest BCUT2D eigenvalue weighted by Gasteiger charge is 2.33. The molecule has 3 N–H and O–H groups in total. The lowest BCUT2D eigenvalue weighted by molar-refractivity contribution is 0.0697. The monoisotopic (exact) mass is 698 g/mol. The molecule has 1 aliphatic carbocycles. The summed E-state index contributed by atoms with van der Waals surface area (Å²) < 4.78 is 37.0. The number of hydrogen-bond acceptors (Lipinski definition) is 7. The van der Waals surface area contributed by atoms with Crippen molar-refractivity contribution in [2.45, 2.75) is 52.4 Å². The van der Waals surface area contributed by atoms with Gasteiger partial charge in [-0.1, -0.05) is 19.4 Å². The second kappa shape index (κ2) is 13.6. The van der Waals surface area contributed by atoms with Crippen LogP contribution in [-0.2, 0) is 0 Å². The van der Waals surface area contributed by atoms with E-state index in [0.717, 1.165) is 53.9 Å². The molecule has 2 aliphatic rings. The minimum atomic E-state index is -0.970. The Kier molecular flexibility index (Phi) is 9.23. The van der Waals surface area contributed by atoms with E-state index in [1.54, 1.807) is 18.3 Å². The van der Waals surface area contributed by atoms with Gasteiger partial charge >= 0.3 is 5.97 Å². The van der Waals surface area contributed by atoms with E-state index in [-0.39, 0.29) is 28.3 Å². The summed E-state index contributed by atoms with van der Waals surface area (Å²) in [4.78, 5) is 24.7. The van der Waals surface area contributed by atoms with Crippen molar-refractivity contribution in [3.05, 3.63) is 106 Å². The van der Waals surface area contributed by atoms with Crippen LogP contribution >= 0.6 is 11.3 Å². The first-order valence-electron chi connectivity index (χ1n) is 16.8. The third-order valence-electron chi connectivity index (χ3n) is 9.84. The summed E-state index contributed by atoms with van der Waals surface area (Å²) in [6.45, 7) is 8.76. The number of piperazine rings is 1. The van der Waals surface area contributed by atoms with E-state index in [0.29, 0.717) is 24.4 Å². The quantitative estimate of drug-likeness (QED) is 0.142. The Balaban J connectivity index is 1.17. The number of H-pyrrole nitrogens is 1. The number of aliphatic hydroxyl groups excluding tert-OH is 1. The van der Waals surface area contributed by atoms with Crippen molar-refractivity contribution in [2.75, 3.05) is 31.1 Å². The summed E-state index contributed by atoms with van der Waals surface area (Å²) in [5, 5.41) is 22.1. The van der Waals surface area contributed by atoms with Gasteiger partial charge in [-0.15, -0.1) is 11.3 Å². The Bertz CT molecular complexity index is 2050. The molecule has 260 valence electrons. The van der Waals surface area contributed by atoms with Gasteiger partial charge in [0.05, 0.1) is 30.0 Å². The van der Waals surface area contributed by atoms with Crippen molar-refractivity contribution in [1.29, 1.82) is 0 Å².